The molecule has 0 aliphatic heterocycles. The Labute approximate surface area is 158 Å². The first-order valence-electron chi connectivity index (χ1n) is 7.70. The van der Waals surface area contributed by atoms with Crippen LogP contribution in [0.3, 0.4) is 0 Å². The zero-order valence-electron chi connectivity index (χ0n) is 14.7. The molecule has 26 heavy (non-hydrogen) atoms. The lowest BCUT2D eigenvalue weighted by Gasteiger charge is -2.24. The van der Waals surface area contributed by atoms with Crippen LogP contribution in [0.4, 0.5) is 5.69 Å². The van der Waals surface area contributed by atoms with E-state index in [0.717, 1.165) is 16.1 Å². The van der Waals surface area contributed by atoms with Gasteiger partial charge in [0.05, 0.1) is 19.1 Å². The van der Waals surface area contributed by atoms with Crippen molar-refractivity contribution in [2.45, 2.75) is 13.5 Å². The molecule has 1 N–H and O–H groups in total. The van der Waals surface area contributed by atoms with Crippen molar-refractivity contribution in [3.8, 4) is 5.75 Å². The molecule has 0 saturated heterocycles. The monoisotopic (exact) mass is 397 g/mol. The maximum absolute atomic E-state index is 12.3. The highest BCUT2D eigenvalue weighted by molar-refractivity contribution is 7.92. The van der Waals surface area contributed by atoms with E-state index in [-0.39, 0.29) is 24.5 Å². The molecule has 0 radical (unpaired) electrons. The van der Waals surface area contributed by atoms with Gasteiger partial charge in [0.25, 0.3) is 0 Å². The maximum atomic E-state index is 12.3. The van der Waals surface area contributed by atoms with Gasteiger partial charge in [0.15, 0.2) is 0 Å². The Kier molecular flexibility index (Phi) is 6.44. The van der Waals surface area contributed by atoms with Gasteiger partial charge in [-0.05, 0) is 36.2 Å². The Morgan fingerprint density at radius 2 is 1.96 bits per heavy atom. The summed E-state index contributed by atoms with van der Waals surface area (Å²) in [5.41, 5.74) is 1.79. The third kappa shape index (κ3) is 5.09. The molecule has 0 atom stereocenters. The van der Waals surface area contributed by atoms with E-state index in [2.05, 4.69) is 10.3 Å². The lowest BCUT2D eigenvalue weighted by Crippen LogP contribution is -2.40. The van der Waals surface area contributed by atoms with E-state index in [1.54, 1.807) is 37.5 Å². The maximum Gasteiger partial charge on any atom is 0.241 e. The van der Waals surface area contributed by atoms with Crippen molar-refractivity contribution in [1.82, 2.24) is 10.3 Å². The van der Waals surface area contributed by atoms with Crippen molar-refractivity contribution in [2.24, 2.45) is 0 Å². The van der Waals surface area contributed by atoms with E-state index >= 15 is 0 Å². The minimum absolute atomic E-state index is 0.260. The Balaban J connectivity index is 2.24. The van der Waals surface area contributed by atoms with E-state index in [1.165, 1.54) is 13.2 Å². The standard InChI is InChI=1S/C17H20ClN3O4S/c1-12-8-15(16(25-2)9-14(12)18)21(26(3,23)24)11-17(22)20-10-13-4-6-19-7-5-13/h4-9H,10-11H2,1-3H3,(H,20,22). The number of anilines is 1. The van der Waals surface area contributed by atoms with Crippen LogP contribution in [0, 0.1) is 6.92 Å². The SMILES string of the molecule is COc1cc(Cl)c(C)cc1N(CC(=O)NCc1ccncc1)S(C)(=O)=O. The second-order valence-corrected chi connectivity index (χ2v) is 7.99. The fourth-order valence-electron chi connectivity index (χ4n) is 2.28. The molecular weight excluding hydrogens is 378 g/mol. The molecule has 9 heteroatoms. The van der Waals surface area contributed by atoms with Gasteiger partial charge in [0.1, 0.15) is 12.3 Å². The lowest BCUT2D eigenvalue weighted by atomic mass is 10.2. The van der Waals surface area contributed by atoms with Gasteiger partial charge < -0.3 is 10.1 Å². The molecule has 0 fully saturated rings. The Bertz CT molecular complexity index is 888. The second kappa shape index (κ2) is 8.37. The molecule has 7 nitrogen and oxygen atoms in total. The minimum atomic E-state index is -3.72. The van der Waals surface area contributed by atoms with Gasteiger partial charge in [-0.2, -0.15) is 0 Å². The molecule has 2 aromatic rings. The van der Waals surface area contributed by atoms with E-state index < -0.39 is 15.9 Å². The number of hydrogen-bond acceptors (Lipinski definition) is 5. The number of hydrogen-bond donors (Lipinski definition) is 1. The van der Waals surface area contributed by atoms with E-state index in [0.29, 0.717) is 10.6 Å². The largest absolute Gasteiger partial charge is 0.494 e. The zero-order chi connectivity index (χ0) is 19.3. The predicted molar refractivity (Wildman–Crippen MR) is 101 cm³/mol. The molecule has 0 unspecified atom stereocenters. The number of amides is 1. The van der Waals surface area contributed by atoms with Crippen molar-refractivity contribution in [2.75, 3.05) is 24.2 Å². The fourth-order valence-corrected chi connectivity index (χ4v) is 3.28. The number of sulfonamides is 1. The Morgan fingerprint density at radius 1 is 1.31 bits per heavy atom. The number of carbonyl (C=O) groups excluding carboxylic acids is 1. The van der Waals surface area contributed by atoms with E-state index in [4.69, 9.17) is 16.3 Å². The van der Waals surface area contributed by atoms with Gasteiger partial charge in [-0.25, -0.2) is 8.42 Å². The number of ether oxygens (including phenoxy) is 1. The summed E-state index contributed by atoms with van der Waals surface area (Å²) in [4.78, 5) is 16.2. The van der Waals surface area contributed by atoms with Gasteiger partial charge in [-0.3, -0.25) is 14.1 Å². The molecular formula is C17H20ClN3O4S. The number of carbonyl (C=O) groups is 1. The van der Waals surface area contributed by atoms with Crippen molar-refractivity contribution >= 4 is 33.2 Å². The quantitative estimate of drug-likeness (QED) is 0.773. The summed E-state index contributed by atoms with van der Waals surface area (Å²) in [6.07, 6.45) is 4.27. The van der Waals surface area contributed by atoms with Crippen molar-refractivity contribution < 1.29 is 17.9 Å². The molecule has 0 bridgehead atoms. The van der Waals surface area contributed by atoms with Gasteiger partial charge in [-0.15, -0.1) is 0 Å². The average molecular weight is 398 g/mol. The number of halogens is 1. The number of aromatic nitrogens is 1. The van der Waals surface area contributed by atoms with Crippen molar-refractivity contribution in [3.05, 3.63) is 52.8 Å². The topological polar surface area (TPSA) is 88.6 Å². The van der Waals surface area contributed by atoms with Crippen LogP contribution in [0.2, 0.25) is 5.02 Å². The molecule has 0 spiro atoms. The van der Waals surface area contributed by atoms with Crippen LogP contribution in [0.5, 0.6) is 5.75 Å². The highest BCUT2D eigenvalue weighted by Crippen LogP contribution is 2.34. The molecule has 2 rings (SSSR count). The molecule has 1 amide bonds. The first-order chi connectivity index (χ1) is 12.2. The summed E-state index contributed by atoms with van der Waals surface area (Å²) in [6.45, 7) is 1.65. The lowest BCUT2D eigenvalue weighted by molar-refractivity contribution is -0.119. The van der Waals surface area contributed by atoms with E-state index in [9.17, 15) is 13.2 Å². The number of nitrogens with one attached hydrogen (secondary N) is 1. The van der Waals surface area contributed by atoms with Crippen LogP contribution < -0.4 is 14.4 Å². The molecule has 0 aliphatic rings. The molecule has 0 aliphatic carbocycles. The molecule has 0 saturated carbocycles. The third-order valence-electron chi connectivity index (χ3n) is 3.66. The molecule has 1 aromatic carbocycles. The number of methoxy groups -OCH3 is 1. The molecule has 1 heterocycles. The van der Waals surface area contributed by atoms with Crippen LogP contribution in [0.25, 0.3) is 0 Å². The van der Waals surface area contributed by atoms with E-state index in [1.807, 2.05) is 0 Å². The van der Waals surface area contributed by atoms with Crippen LogP contribution in [0.1, 0.15) is 11.1 Å². The summed E-state index contributed by atoms with van der Waals surface area (Å²) in [5, 5.41) is 3.14. The first-order valence-corrected chi connectivity index (χ1v) is 9.92. The van der Waals surface area contributed by atoms with Gasteiger partial charge in [0, 0.05) is 30.0 Å². The summed E-state index contributed by atoms with van der Waals surface area (Å²) < 4.78 is 30.7. The highest BCUT2D eigenvalue weighted by atomic mass is 35.5. The predicted octanol–water partition coefficient (Wildman–Crippen LogP) is 2.13. The smallest absolute Gasteiger partial charge is 0.241 e. The zero-order valence-corrected chi connectivity index (χ0v) is 16.3. The van der Waals surface area contributed by atoms with Gasteiger partial charge in [0.2, 0.25) is 15.9 Å². The third-order valence-corrected chi connectivity index (χ3v) is 5.19. The van der Waals surface area contributed by atoms with Crippen LogP contribution in [-0.4, -0.2) is 39.2 Å². The van der Waals surface area contributed by atoms with Crippen molar-refractivity contribution in [1.29, 1.82) is 0 Å². The van der Waals surface area contributed by atoms with Crippen LogP contribution in [-0.2, 0) is 21.4 Å². The Morgan fingerprint density at radius 3 is 2.54 bits per heavy atom. The fraction of sp³-hybridized carbons (Fsp3) is 0.294. The normalized spacial score (nSPS) is 11.1. The van der Waals surface area contributed by atoms with Gasteiger partial charge >= 0.3 is 0 Å². The summed E-state index contributed by atoms with van der Waals surface area (Å²) in [5.74, 6) is -0.171. The number of aryl methyl sites for hydroxylation is 1. The summed E-state index contributed by atoms with van der Waals surface area (Å²) in [7, 11) is -2.31. The summed E-state index contributed by atoms with van der Waals surface area (Å²) >= 11 is 6.07. The highest BCUT2D eigenvalue weighted by Gasteiger charge is 2.24. The van der Waals surface area contributed by atoms with Crippen LogP contribution >= 0.6 is 11.6 Å². The molecule has 140 valence electrons. The Hall–Kier alpha value is -2.32. The van der Waals surface area contributed by atoms with Crippen molar-refractivity contribution in [3.63, 3.8) is 0 Å². The second-order valence-electron chi connectivity index (χ2n) is 5.68. The number of rotatable bonds is 7. The van der Waals surface area contributed by atoms with Gasteiger partial charge in [-0.1, -0.05) is 11.6 Å². The van der Waals surface area contributed by atoms with Crippen LogP contribution in [0.15, 0.2) is 36.7 Å². The summed E-state index contributed by atoms with van der Waals surface area (Å²) in [6, 6.07) is 6.64. The number of nitrogens with zero attached hydrogens (tertiary/aromatic N) is 2. The minimum Gasteiger partial charge on any atom is -0.494 e. The average Bonchev–Trinajstić information content (AvgIpc) is 2.60. The first kappa shape index (κ1) is 20.0. The number of benzene rings is 1. The molecule has 1 aromatic heterocycles. The number of pyridine rings is 1.